The second-order valence-corrected chi connectivity index (χ2v) is 8.93. The maximum atomic E-state index is 13.3. The first-order valence-corrected chi connectivity index (χ1v) is 11.3. The lowest BCUT2D eigenvalue weighted by Gasteiger charge is -2.15. The van der Waals surface area contributed by atoms with E-state index in [0.29, 0.717) is 44.9 Å². The Labute approximate surface area is 192 Å². The molecule has 4 rings (SSSR count). The number of phenolic OH excluding ortho intramolecular Hbond substituents is 1. The number of thioether (sulfide) groups is 1. The molecule has 0 aliphatic carbocycles. The molecule has 2 heterocycles. The zero-order valence-corrected chi connectivity index (χ0v) is 19.1. The van der Waals surface area contributed by atoms with Crippen molar-refractivity contribution in [1.29, 1.82) is 0 Å². The van der Waals surface area contributed by atoms with Crippen LogP contribution in [0.15, 0.2) is 61.6 Å². The van der Waals surface area contributed by atoms with Crippen LogP contribution in [0, 0.1) is 5.92 Å². The van der Waals surface area contributed by atoms with Gasteiger partial charge in [0.1, 0.15) is 11.3 Å². The fraction of sp³-hybridized carbons (Fsp3) is 0.250. The molecule has 0 radical (unpaired) electrons. The minimum absolute atomic E-state index is 0.00108. The fourth-order valence-electron chi connectivity index (χ4n) is 3.56. The van der Waals surface area contributed by atoms with E-state index in [4.69, 9.17) is 9.15 Å². The van der Waals surface area contributed by atoms with Crippen molar-refractivity contribution in [1.82, 2.24) is 9.55 Å². The number of nitrogens with zero attached hydrogens (tertiary/aromatic N) is 2. The molecule has 0 spiro atoms. The van der Waals surface area contributed by atoms with Crippen LogP contribution in [0.3, 0.4) is 0 Å². The highest BCUT2D eigenvalue weighted by Gasteiger charge is 2.16. The van der Waals surface area contributed by atoms with Crippen LogP contribution in [0.4, 0.5) is 0 Å². The number of ether oxygens (including phenoxy) is 1. The number of esters is 1. The van der Waals surface area contributed by atoms with Crippen molar-refractivity contribution in [2.45, 2.75) is 31.3 Å². The third kappa shape index (κ3) is 4.63. The second-order valence-electron chi connectivity index (χ2n) is 7.99. The number of phenols is 1. The van der Waals surface area contributed by atoms with Gasteiger partial charge in [-0.2, -0.15) is 0 Å². The van der Waals surface area contributed by atoms with Crippen LogP contribution in [0.2, 0.25) is 0 Å². The summed E-state index contributed by atoms with van der Waals surface area (Å²) >= 11 is 1.31. The number of fused-ring (bicyclic) bond motifs is 2. The third-order valence-electron chi connectivity index (χ3n) is 5.06. The molecule has 0 aliphatic rings. The second kappa shape index (κ2) is 9.11. The van der Waals surface area contributed by atoms with Crippen molar-refractivity contribution in [3.63, 3.8) is 0 Å². The van der Waals surface area contributed by atoms with Crippen molar-refractivity contribution >= 4 is 39.6 Å². The van der Waals surface area contributed by atoms with Crippen molar-refractivity contribution in [3.8, 4) is 5.75 Å². The summed E-state index contributed by atoms with van der Waals surface area (Å²) in [5.41, 5.74) is 0.952. The Balaban J connectivity index is 1.80. The molecule has 0 amide bonds. The molecule has 0 fully saturated rings. The Morgan fingerprint density at radius 1 is 1.15 bits per heavy atom. The van der Waals surface area contributed by atoms with Crippen LogP contribution in [0.1, 0.15) is 29.8 Å². The topological polar surface area (TPSA) is 112 Å². The molecule has 8 nitrogen and oxygen atoms in total. The van der Waals surface area contributed by atoms with Gasteiger partial charge in [0.2, 0.25) is 0 Å². The standard InChI is InChI=1S/C24H22N2O6S/c1-13(2)11-26-22(29)18-6-4-14(23(30)31-3)8-19(18)25-24(26)33-12-15-9-21(28)32-20-10-16(27)5-7-17(15)20/h4-10,13,27H,11-12H2,1-3H3. The van der Waals surface area contributed by atoms with E-state index in [1.807, 2.05) is 13.8 Å². The van der Waals surface area contributed by atoms with Crippen LogP contribution < -0.4 is 11.2 Å². The number of carbonyl (C=O) groups is 1. The maximum absolute atomic E-state index is 13.3. The molecular formula is C24H22N2O6S. The lowest BCUT2D eigenvalue weighted by atomic mass is 10.1. The molecule has 4 aromatic rings. The predicted octanol–water partition coefficient (Wildman–Crippen LogP) is 3.94. The average molecular weight is 467 g/mol. The summed E-state index contributed by atoms with van der Waals surface area (Å²) in [6, 6.07) is 10.7. The van der Waals surface area contributed by atoms with Gasteiger partial charge < -0.3 is 14.3 Å². The smallest absolute Gasteiger partial charge is 0.337 e. The van der Waals surface area contributed by atoms with E-state index in [-0.39, 0.29) is 22.8 Å². The molecule has 9 heteroatoms. The van der Waals surface area contributed by atoms with Crippen molar-refractivity contribution in [2.75, 3.05) is 7.11 Å². The Bertz CT molecular complexity index is 1490. The number of carbonyl (C=O) groups excluding carboxylic acids is 1. The number of benzene rings is 2. The zero-order valence-electron chi connectivity index (χ0n) is 18.3. The van der Waals surface area contributed by atoms with Gasteiger partial charge in [0, 0.05) is 29.8 Å². The molecule has 1 N–H and O–H groups in total. The van der Waals surface area contributed by atoms with Crippen LogP contribution in [-0.2, 0) is 17.0 Å². The van der Waals surface area contributed by atoms with Gasteiger partial charge in [0.05, 0.1) is 23.6 Å². The number of hydrogen-bond donors (Lipinski definition) is 1. The van der Waals surface area contributed by atoms with E-state index in [2.05, 4.69) is 4.98 Å². The number of aromatic nitrogens is 2. The molecule has 170 valence electrons. The highest BCUT2D eigenvalue weighted by Crippen LogP contribution is 2.28. The first kappa shape index (κ1) is 22.6. The monoisotopic (exact) mass is 466 g/mol. The van der Waals surface area contributed by atoms with Crippen LogP contribution in [0.5, 0.6) is 5.75 Å². The van der Waals surface area contributed by atoms with Gasteiger partial charge in [-0.05, 0) is 41.8 Å². The molecule has 33 heavy (non-hydrogen) atoms. The summed E-state index contributed by atoms with van der Waals surface area (Å²) in [5.74, 6) is 0.0339. The summed E-state index contributed by atoms with van der Waals surface area (Å²) in [7, 11) is 1.29. The first-order valence-electron chi connectivity index (χ1n) is 10.3. The minimum atomic E-state index is -0.530. The van der Waals surface area contributed by atoms with E-state index in [9.17, 15) is 19.5 Å². The average Bonchev–Trinajstić information content (AvgIpc) is 2.78. The van der Waals surface area contributed by atoms with Crippen molar-refractivity contribution < 1.29 is 19.1 Å². The van der Waals surface area contributed by atoms with Gasteiger partial charge in [-0.3, -0.25) is 9.36 Å². The zero-order chi connectivity index (χ0) is 23.7. The molecule has 0 bridgehead atoms. The molecule has 0 aliphatic heterocycles. The van der Waals surface area contributed by atoms with Crippen LogP contribution in [0.25, 0.3) is 21.9 Å². The highest BCUT2D eigenvalue weighted by molar-refractivity contribution is 7.98. The summed E-state index contributed by atoms with van der Waals surface area (Å²) < 4.78 is 11.6. The highest BCUT2D eigenvalue weighted by atomic mass is 32.2. The summed E-state index contributed by atoms with van der Waals surface area (Å²) in [4.78, 5) is 41.9. The van der Waals surface area contributed by atoms with Gasteiger partial charge in [0.25, 0.3) is 5.56 Å². The van der Waals surface area contributed by atoms with Gasteiger partial charge in [-0.1, -0.05) is 25.6 Å². The van der Waals surface area contributed by atoms with E-state index in [1.54, 1.807) is 28.8 Å². The fourth-order valence-corrected chi connectivity index (χ4v) is 4.56. The molecule has 0 atom stereocenters. The molecule has 0 saturated carbocycles. The van der Waals surface area contributed by atoms with E-state index < -0.39 is 11.6 Å². The Kier molecular flexibility index (Phi) is 6.24. The Morgan fingerprint density at radius 2 is 1.91 bits per heavy atom. The Morgan fingerprint density at radius 3 is 2.64 bits per heavy atom. The number of hydrogen-bond acceptors (Lipinski definition) is 8. The van der Waals surface area contributed by atoms with E-state index in [0.717, 1.165) is 0 Å². The third-order valence-corrected chi connectivity index (χ3v) is 6.08. The van der Waals surface area contributed by atoms with Gasteiger partial charge in [-0.15, -0.1) is 0 Å². The van der Waals surface area contributed by atoms with E-state index >= 15 is 0 Å². The van der Waals surface area contributed by atoms with Crippen LogP contribution >= 0.6 is 11.8 Å². The van der Waals surface area contributed by atoms with Crippen molar-refractivity contribution in [2.24, 2.45) is 5.92 Å². The number of methoxy groups -OCH3 is 1. The van der Waals surface area contributed by atoms with Gasteiger partial charge in [-0.25, -0.2) is 14.6 Å². The SMILES string of the molecule is COC(=O)c1ccc2c(=O)n(CC(C)C)c(SCc3cc(=O)oc4cc(O)ccc34)nc2c1. The first-order chi connectivity index (χ1) is 15.8. The number of rotatable bonds is 6. The van der Waals surface area contributed by atoms with Crippen LogP contribution in [-0.4, -0.2) is 27.7 Å². The summed E-state index contributed by atoms with van der Waals surface area (Å²) in [5, 5.41) is 11.3. The predicted molar refractivity (Wildman–Crippen MR) is 126 cm³/mol. The molecule has 2 aromatic heterocycles. The minimum Gasteiger partial charge on any atom is -0.508 e. The van der Waals surface area contributed by atoms with Gasteiger partial charge >= 0.3 is 11.6 Å². The molecule has 0 saturated heterocycles. The largest absolute Gasteiger partial charge is 0.508 e. The lowest BCUT2D eigenvalue weighted by molar-refractivity contribution is 0.0601. The maximum Gasteiger partial charge on any atom is 0.337 e. The number of aromatic hydroxyl groups is 1. The van der Waals surface area contributed by atoms with E-state index in [1.165, 1.54) is 37.1 Å². The molecular weight excluding hydrogens is 444 g/mol. The summed E-state index contributed by atoms with van der Waals surface area (Å²) in [6.45, 7) is 4.48. The quantitative estimate of drug-likeness (QED) is 0.197. The van der Waals surface area contributed by atoms with Gasteiger partial charge in [0.15, 0.2) is 5.16 Å². The summed E-state index contributed by atoms with van der Waals surface area (Å²) in [6.07, 6.45) is 0. The molecule has 2 aromatic carbocycles. The van der Waals surface area contributed by atoms with Crippen molar-refractivity contribution in [3.05, 3.63) is 74.4 Å². The lowest BCUT2D eigenvalue weighted by Crippen LogP contribution is -2.25. The normalized spacial score (nSPS) is 11.4. The molecule has 0 unspecified atom stereocenters. The Hall–Kier alpha value is -3.59.